The summed E-state index contributed by atoms with van der Waals surface area (Å²) in [5, 5.41) is 5.97. The fraction of sp³-hybridized carbons (Fsp3) is 0.158. The molecule has 0 unspecified atom stereocenters. The van der Waals surface area contributed by atoms with Crippen LogP contribution in [0.15, 0.2) is 58.5 Å². The van der Waals surface area contributed by atoms with E-state index in [1.165, 1.54) is 4.57 Å². The van der Waals surface area contributed by atoms with Gasteiger partial charge in [-0.05, 0) is 37.3 Å². The van der Waals surface area contributed by atoms with Gasteiger partial charge in [0.05, 0.1) is 22.3 Å². The van der Waals surface area contributed by atoms with Gasteiger partial charge in [-0.25, -0.2) is 9.78 Å². The number of carbonyl (C=O) groups is 2. The number of para-hydroxylation sites is 1. The molecule has 0 fully saturated rings. The van der Waals surface area contributed by atoms with Crippen LogP contribution in [0.1, 0.15) is 6.92 Å². The van der Waals surface area contributed by atoms with Crippen molar-refractivity contribution in [2.24, 2.45) is 0 Å². The molecule has 0 atom stereocenters. The van der Waals surface area contributed by atoms with Gasteiger partial charge in [0.2, 0.25) is 5.91 Å². The summed E-state index contributed by atoms with van der Waals surface area (Å²) in [6, 6.07) is 13.2. The molecule has 0 spiro atoms. The van der Waals surface area contributed by atoms with E-state index in [0.717, 1.165) is 11.8 Å². The minimum absolute atomic E-state index is 0.0809. The van der Waals surface area contributed by atoms with Crippen LogP contribution in [-0.4, -0.2) is 33.8 Å². The first-order valence-corrected chi connectivity index (χ1v) is 9.84. The molecule has 1 heterocycles. The number of urea groups is 1. The second kappa shape index (κ2) is 8.90. The number of nitrogens with one attached hydrogen (secondary N) is 2. The van der Waals surface area contributed by atoms with Gasteiger partial charge >= 0.3 is 6.03 Å². The molecule has 7 nitrogen and oxygen atoms in total. The van der Waals surface area contributed by atoms with E-state index < -0.39 is 11.9 Å². The SMILES string of the molecule is CCNC(=O)NC(=O)CSc1nc2ccccc2c(=O)n1-c1cccc(Cl)c1. The molecule has 2 N–H and O–H groups in total. The largest absolute Gasteiger partial charge is 0.338 e. The number of benzene rings is 2. The first-order valence-electron chi connectivity index (χ1n) is 8.48. The average molecular weight is 417 g/mol. The van der Waals surface area contributed by atoms with Gasteiger partial charge in [0, 0.05) is 11.6 Å². The predicted octanol–water partition coefficient (Wildman–Crippen LogP) is 2.98. The van der Waals surface area contributed by atoms with E-state index in [1.54, 1.807) is 55.5 Å². The van der Waals surface area contributed by atoms with Gasteiger partial charge in [0.25, 0.3) is 5.56 Å². The zero-order chi connectivity index (χ0) is 20.1. The monoisotopic (exact) mass is 416 g/mol. The van der Waals surface area contributed by atoms with Crippen molar-refractivity contribution in [2.45, 2.75) is 12.1 Å². The summed E-state index contributed by atoms with van der Waals surface area (Å²) in [6.45, 7) is 2.16. The molecule has 2 aromatic carbocycles. The Bertz CT molecular complexity index is 1100. The van der Waals surface area contributed by atoms with Gasteiger partial charge in [0.15, 0.2) is 5.16 Å². The molecule has 0 aliphatic rings. The van der Waals surface area contributed by atoms with Crippen molar-refractivity contribution in [3.8, 4) is 5.69 Å². The summed E-state index contributed by atoms with van der Waals surface area (Å²) in [4.78, 5) is 41.1. The Morgan fingerprint density at radius 3 is 2.71 bits per heavy atom. The molecule has 28 heavy (non-hydrogen) atoms. The Labute approximate surface area is 170 Å². The van der Waals surface area contributed by atoms with Crippen molar-refractivity contribution in [1.29, 1.82) is 0 Å². The first-order chi connectivity index (χ1) is 13.5. The topological polar surface area (TPSA) is 93.1 Å². The van der Waals surface area contributed by atoms with Crippen molar-refractivity contribution >= 4 is 46.2 Å². The van der Waals surface area contributed by atoms with E-state index in [9.17, 15) is 14.4 Å². The number of hydrogen-bond acceptors (Lipinski definition) is 5. The number of rotatable bonds is 5. The number of carbonyl (C=O) groups excluding carboxylic acids is 2. The van der Waals surface area contributed by atoms with Crippen LogP contribution in [0.3, 0.4) is 0 Å². The summed E-state index contributed by atoms with van der Waals surface area (Å²) in [6.07, 6.45) is 0. The maximum Gasteiger partial charge on any atom is 0.321 e. The fourth-order valence-corrected chi connectivity index (χ4v) is 3.55. The van der Waals surface area contributed by atoms with E-state index in [1.807, 2.05) is 0 Å². The number of fused-ring (bicyclic) bond motifs is 1. The molecule has 0 saturated carbocycles. The summed E-state index contributed by atoms with van der Waals surface area (Å²) in [5.74, 6) is -0.571. The van der Waals surface area contributed by atoms with Crippen LogP contribution >= 0.6 is 23.4 Å². The van der Waals surface area contributed by atoms with Gasteiger partial charge in [-0.2, -0.15) is 0 Å². The highest BCUT2D eigenvalue weighted by atomic mass is 35.5. The number of nitrogens with zero attached hydrogens (tertiary/aromatic N) is 2. The Kier molecular flexibility index (Phi) is 6.33. The van der Waals surface area contributed by atoms with Gasteiger partial charge in [-0.3, -0.25) is 19.5 Å². The lowest BCUT2D eigenvalue weighted by molar-refractivity contribution is -0.117. The van der Waals surface area contributed by atoms with E-state index in [0.29, 0.717) is 33.3 Å². The normalized spacial score (nSPS) is 10.6. The number of hydrogen-bond donors (Lipinski definition) is 2. The molecular weight excluding hydrogens is 400 g/mol. The molecule has 0 saturated heterocycles. The molecule has 0 aliphatic carbocycles. The second-order valence-corrected chi connectivity index (χ2v) is 7.11. The minimum Gasteiger partial charge on any atom is -0.338 e. The van der Waals surface area contributed by atoms with Gasteiger partial charge in [-0.1, -0.05) is 41.6 Å². The molecule has 144 valence electrons. The molecular formula is C19H17ClN4O3S. The van der Waals surface area contributed by atoms with E-state index in [2.05, 4.69) is 15.6 Å². The molecule has 1 aromatic heterocycles. The molecule has 0 radical (unpaired) electrons. The lowest BCUT2D eigenvalue weighted by Gasteiger charge is -2.13. The smallest absolute Gasteiger partial charge is 0.321 e. The van der Waals surface area contributed by atoms with Crippen molar-refractivity contribution in [1.82, 2.24) is 20.2 Å². The van der Waals surface area contributed by atoms with Crippen LogP contribution in [0.2, 0.25) is 5.02 Å². The van der Waals surface area contributed by atoms with Crippen molar-refractivity contribution < 1.29 is 9.59 Å². The summed E-state index contributed by atoms with van der Waals surface area (Å²) in [5.41, 5.74) is 0.805. The van der Waals surface area contributed by atoms with Crippen LogP contribution in [0.5, 0.6) is 0 Å². The molecule has 9 heteroatoms. The Hall–Kier alpha value is -2.84. The quantitative estimate of drug-likeness (QED) is 0.492. The van der Waals surface area contributed by atoms with Crippen molar-refractivity contribution in [3.05, 3.63) is 63.9 Å². The lowest BCUT2D eigenvalue weighted by Crippen LogP contribution is -2.40. The van der Waals surface area contributed by atoms with Crippen LogP contribution in [0.25, 0.3) is 16.6 Å². The predicted molar refractivity (Wildman–Crippen MR) is 110 cm³/mol. The Morgan fingerprint density at radius 1 is 1.18 bits per heavy atom. The first kappa shape index (κ1) is 19.9. The van der Waals surface area contributed by atoms with Crippen LogP contribution in [0.4, 0.5) is 4.79 Å². The summed E-state index contributed by atoms with van der Waals surface area (Å²) >= 11 is 7.14. The van der Waals surface area contributed by atoms with Gasteiger partial charge < -0.3 is 5.32 Å². The van der Waals surface area contributed by atoms with Crippen LogP contribution < -0.4 is 16.2 Å². The Balaban J connectivity index is 1.98. The van der Waals surface area contributed by atoms with Crippen molar-refractivity contribution in [2.75, 3.05) is 12.3 Å². The number of amides is 3. The highest BCUT2D eigenvalue weighted by molar-refractivity contribution is 7.99. The highest BCUT2D eigenvalue weighted by Crippen LogP contribution is 2.22. The molecule has 0 aliphatic heterocycles. The third-order valence-corrected chi connectivity index (χ3v) is 4.91. The molecule has 3 aromatic rings. The molecule has 0 bridgehead atoms. The summed E-state index contributed by atoms with van der Waals surface area (Å²) < 4.78 is 1.41. The number of thioether (sulfide) groups is 1. The zero-order valence-corrected chi connectivity index (χ0v) is 16.5. The average Bonchev–Trinajstić information content (AvgIpc) is 2.66. The number of imide groups is 1. The lowest BCUT2D eigenvalue weighted by atomic mass is 10.2. The maximum absolute atomic E-state index is 13.1. The summed E-state index contributed by atoms with van der Waals surface area (Å²) in [7, 11) is 0. The third-order valence-electron chi connectivity index (χ3n) is 3.73. The van der Waals surface area contributed by atoms with Gasteiger partial charge in [0.1, 0.15) is 0 Å². The standard InChI is InChI=1S/C19H17ClN4O3S/c1-2-21-18(27)23-16(25)11-28-19-22-15-9-4-3-8-14(15)17(26)24(19)13-7-5-6-12(20)10-13/h3-10H,2,11H2,1H3,(H2,21,23,25,27). The second-order valence-electron chi connectivity index (χ2n) is 5.73. The highest BCUT2D eigenvalue weighted by Gasteiger charge is 2.15. The molecule has 3 rings (SSSR count). The van der Waals surface area contributed by atoms with E-state index in [4.69, 9.17) is 11.6 Å². The number of aromatic nitrogens is 2. The van der Waals surface area contributed by atoms with Crippen molar-refractivity contribution in [3.63, 3.8) is 0 Å². The third kappa shape index (κ3) is 4.52. The minimum atomic E-state index is -0.563. The fourth-order valence-electron chi connectivity index (χ4n) is 2.55. The Morgan fingerprint density at radius 2 is 1.96 bits per heavy atom. The van der Waals surface area contributed by atoms with Gasteiger partial charge in [-0.15, -0.1) is 0 Å². The number of halogens is 1. The van der Waals surface area contributed by atoms with E-state index in [-0.39, 0.29) is 11.3 Å². The molecule has 3 amide bonds. The maximum atomic E-state index is 13.1. The van der Waals surface area contributed by atoms with E-state index >= 15 is 0 Å². The van der Waals surface area contributed by atoms with Crippen LogP contribution in [-0.2, 0) is 4.79 Å². The van der Waals surface area contributed by atoms with Crippen LogP contribution in [0, 0.1) is 0 Å². The zero-order valence-electron chi connectivity index (χ0n) is 14.9.